The Hall–Kier alpha value is -1.32. The van der Waals surface area contributed by atoms with Gasteiger partial charge < -0.3 is 5.32 Å². The number of benzene rings is 1. The third-order valence-corrected chi connectivity index (χ3v) is 4.18. The zero-order valence-corrected chi connectivity index (χ0v) is 12.0. The first-order valence-corrected chi connectivity index (χ1v) is 6.98. The fraction of sp³-hybridized carbons (Fsp3) is 0.286. The first-order valence-electron chi connectivity index (χ1n) is 6.22. The molecule has 0 saturated heterocycles. The van der Waals surface area contributed by atoms with E-state index < -0.39 is 0 Å². The topological polar surface area (TPSA) is 37.8 Å². The molecule has 0 aliphatic heterocycles. The Bertz CT molecular complexity index is 641. The van der Waals surface area contributed by atoms with Crippen molar-refractivity contribution in [2.75, 3.05) is 12.4 Å². The van der Waals surface area contributed by atoms with E-state index in [1.807, 2.05) is 19.2 Å². The Balaban J connectivity index is 2.18. The van der Waals surface area contributed by atoms with Crippen molar-refractivity contribution < 1.29 is 0 Å². The standard InChI is InChI=1S/C14H13Cl2N3/c1-17-13-8-4-3-7-11(8)18-14(19-13)9-5-2-6-10(15)12(9)16/h2,5-6H,3-4,7H2,1H3,(H,17,18,19). The minimum Gasteiger partial charge on any atom is -0.373 e. The van der Waals surface area contributed by atoms with Crippen LogP contribution >= 0.6 is 23.2 Å². The molecule has 0 bridgehead atoms. The summed E-state index contributed by atoms with van der Waals surface area (Å²) < 4.78 is 0. The van der Waals surface area contributed by atoms with Crippen LogP contribution in [0.15, 0.2) is 18.2 Å². The fourth-order valence-electron chi connectivity index (χ4n) is 2.44. The molecule has 98 valence electrons. The van der Waals surface area contributed by atoms with E-state index in [-0.39, 0.29) is 0 Å². The number of aryl methyl sites for hydroxylation is 1. The average molecular weight is 294 g/mol. The predicted octanol–water partition coefficient (Wildman–Crippen LogP) is 3.98. The third-order valence-electron chi connectivity index (χ3n) is 3.36. The largest absolute Gasteiger partial charge is 0.373 e. The summed E-state index contributed by atoms with van der Waals surface area (Å²) in [6, 6.07) is 5.52. The van der Waals surface area contributed by atoms with Crippen LogP contribution in [0.5, 0.6) is 0 Å². The molecular formula is C14H13Cl2N3. The van der Waals surface area contributed by atoms with Gasteiger partial charge in [-0.25, -0.2) is 9.97 Å². The number of hydrogen-bond acceptors (Lipinski definition) is 3. The minimum absolute atomic E-state index is 0.504. The Morgan fingerprint density at radius 1 is 1.16 bits per heavy atom. The molecule has 5 heteroatoms. The van der Waals surface area contributed by atoms with Crippen molar-refractivity contribution in [2.24, 2.45) is 0 Å². The molecule has 2 aromatic rings. The lowest BCUT2D eigenvalue weighted by Gasteiger charge is -2.10. The van der Waals surface area contributed by atoms with Gasteiger partial charge in [0.15, 0.2) is 5.82 Å². The van der Waals surface area contributed by atoms with E-state index in [2.05, 4.69) is 15.3 Å². The van der Waals surface area contributed by atoms with Crippen molar-refractivity contribution in [3.63, 3.8) is 0 Å². The van der Waals surface area contributed by atoms with Gasteiger partial charge in [0.05, 0.1) is 10.0 Å². The minimum atomic E-state index is 0.504. The van der Waals surface area contributed by atoms with Crippen LogP contribution in [0.4, 0.5) is 5.82 Å². The van der Waals surface area contributed by atoms with Gasteiger partial charge >= 0.3 is 0 Å². The molecule has 19 heavy (non-hydrogen) atoms. The lowest BCUT2D eigenvalue weighted by Crippen LogP contribution is -2.03. The lowest BCUT2D eigenvalue weighted by atomic mass is 10.2. The molecule has 1 aliphatic carbocycles. The molecule has 1 aromatic carbocycles. The molecule has 0 radical (unpaired) electrons. The summed E-state index contributed by atoms with van der Waals surface area (Å²) in [4.78, 5) is 9.21. The van der Waals surface area contributed by atoms with E-state index in [0.717, 1.165) is 36.3 Å². The van der Waals surface area contributed by atoms with Crippen molar-refractivity contribution in [1.29, 1.82) is 0 Å². The molecule has 0 atom stereocenters. The molecule has 0 spiro atoms. The highest BCUT2D eigenvalue weighted by Gasteiger charge is 2.20. The highest BCUT2D eigenvalue weighted by molar-refractivity contribution is 6.43. The molecule has 1 aromatic heterocycles. The monoisotopic (exact) mass is 293 g/mol. The van der Waals surface area contributed by atoms with Gasteiger partial charge in [0, 0.05) is 23.9 Å². The Kier molecular flexibility index (Phi) is 3.33. The van der Waals surface area contributed by atoms with Gasteiger partial charge in [0.2, 0.25) is 0 Å². The van der Waals surface area contributed by atoms with Crippen molar-refractivity contribution in [3.05, 3.63) is 39.5 Å². The second-order valence-electron chi connectivity index (χ2n) is 4.53. The van der Waals surface area contributed by atoms with Gasteiger partial charge in [-0.1, -0.05) is 29.3 Å². The van der Waals surface area contributed by atoms with Gasteiger partial charge in [-0.2, -0.15) is 0 Å². The van der Waals surface area contributed by atoms with Crippen molar-refractivity contribution in [1.82, 2.24) is 9.97 Å². The van der Waals surface area contributed by atoms with E-state index in [9.17, 15) is 0 Å². The summed E-state index contributed by atoms with van der Waals surface area (Å²) in [7, 11) is 1.88. The molecule has 0 saturated carbocycles. The van der Waals surface area contributed by atoms with Crippen LogP contribution in [0, 0.1) is 0 Å². The van der Waals surface area contributed by atoms with E-state index in [4.69, 9.17) is 23.2 Å². The fourth-order valence-corrected chi connectivity index (χ4v) is 2.82. The smallest absolute Gasteiger partial charge is 0.163 e. The van der Waals surface area contributed by atoms with Crippen LogP contribution in [-0.2, 0) is 12.8 Å². The quantitative estimate of drug-likeness (QED) is 0.910. The van der Waals surface area contributed by atoms with Crippen LogP contribution in [0.25, 0.3) is 11.4 Å². The highest BCUT2D eigenvalue weighted by Crippen LogP contribution is 2.34. The number of nitrogens with zero attached hydrogens (tertiary/aromatic N) is 2. The molecule has 0 amide bonds. The number of anilines is 1. The number of nitrogens with one attached hydrogen (secondary N) is 1. The van der Waals surface area contributed by atoms with E-state index in [1.165, 1.54) is 5.56 Å². The molecule has 0 unspecified atom stereocenters. The number of rotatable bonds is 2. The summed E-state index contributed by atoms with van der Waals surface area (Å²) >= 11 is 12.3. The highest BCUT2D eigenvalue weighted by atomic mass is 35.5. The Morgan fingerprint density at radius 2 is 2.00 bits per heavy atom. The average Bonchev–Trinajstić information content (AvgIpc) is 2.89. The van der Waals surface area contributed by atoms with Crippen LogP contribution in [0.1, 0.15) is 17.7 Å². The SMILES string of the molecule is CNc1nc(-c2cccc(Cl)c2Cl)nc2c1CCC2. The third kappa shape index (κ3) is 2.17. The van der Waals surface area contributed by atoms with Gasteiger partial charge in [-0.15, -0.1) is 0 Å². The zero-order chi connectivity index (χ0) is 13.4. The molecule has 3 rings (SSSR count). The summed E-state index contributed by atoms with van der Waals surface area (Å²) in [5.41, 5.74) is 3.12. The molecular weight excluding hydrogens is 281 g/mol. The second-order valence-corrected chi connectivity index (χ2v) is 5.31. The molecule has 3 nitrogen and oxygen atoms in total. The first kappa shape index (κ1) is 12.7. The van der Waals surface area contributed by atoms with Crippen LogP contribution < -0.4 is 5.32 Å². The van der Waals surface area contributed by atoms with Crippen molar-refractivity contribution in [3.8, 4) is 11.4 Å². The summed E-state index contributed by atoms with van der Waals surface area (Å²) in [5, 5.41) is 4.17. The molecule has 1 aliphatic rings. The van der Waals surface area contributed by atoms with Gasteiger partial charge in [0.25, 0.3) is 0 Å². The van der Waals surface area contributed by atoms with Crippen molar-refractivity contribution >= 4 is 29.0 Å². The van der Waals surface area contributed by atoms with Gasteiger partial charge in [-0.05, 0) is 31.4 Å². The van der Waals surface area contributed by atoms with Crippen molar-refractivity contribution in [2.45, 2.75) is 19.3 Å². The number of halogens is 2. The van der Waals surface area contributed by atoms with Crippen LogP contribution in [-0.4, -0.2) is 17.0 Å². The normalized spacial score (nSPS) is 13.4. The summed E-state index contributed by atoms with van der Waals surface area (Å²) in [5.74, 6) is 1.53. The zero-order valence-electron chi connectivity index (χ0n) is 10.5. The first-order chi connectivity index (χ1) is 9.20. The second kappa shape index (κ2) is 4.99. The van der Waals surface area contributed by atoms with E-state index in [0.29, 0.717) is 15.9 Å². The van der Waals surface area contributed by atoms with Gasteiger partial charge in [-0.3, -0.25) is 0 Å². The Morgan fingerprint density at radius 3 is 2.79 bits per heavy atom. The molecule has 1 heterocycles. The van der Waals surface area contributed by atoms with Crippen LogP contribution in [0.2, 0.25) is 10.0 Å². The lowest BCUT2D eigenvalue weighted by molar-refractivity contribution is 0.900. The maximum atomic E-state index is 6.24. The van der Waals surface area contributed by atoms with E-state index >= 15 is 0 Å². The number of hydrogen-bond donors (Lipinski definition) is 1. The number of fused-ring (bicyclic) bond motifs is 1. The van der Waals surface area contributed by atoms with Gasteiger partial charge in [0.1, 0.15) is 5.82 Å². The maximum Gasteiger partial charge on any atom is 0.163 e. The molecule has 1 N–H and O–H groups in total. The summed E-state index contributed by atoms with van der Waals surface area (Å²) in [6.07, 6.45) is 3.16. The predicted molar refractivity (Wildman–Crippen MR) is 79.1 cm³/mol. The van der Waals surface area contributed by atoms with Crippen LogP contribution in [0.3, 0.4) is 0 Å². The number of aromatic nitrogens is 2. The van der Waals surface area contributed by atoms with E-state index in [1.54, 1.807) is 6.07 Å². The maximum absolute atomic E-state index is 6.24. The Labute approximate surface area is 122 Å². The summed E-state index contributed by atoms with van der Waals surface area (Å²) in [6.45, 7) is 0. The molecule has 0 fully saturated rings.